The first-order valence-electron chi connectivity index (χ1n) is 7.74. The van der Waals surface area contributed by atoms with Crippen molar-refractivity contribution in [1.29, 1.82) is 0 Å². The third-order valence-corrected chi connectivity index (χ3v) is 5.40. The number of rotatable bonds is 6. The van der Waals surface area contributed by atoms with E-state index in [0.29, 0.717) is 6.42 Å². The van der Waals surface area contributed by atoms with Crippen LogP contribution in [0.2, 0.25) is 9.36 Å². The van der Waals surface area contributed by atoms with Crippen LogP contribution in [0.4, 0.5) is 4.39 Å². The standard InChI is InChI=1S/C17H17Cl2FN2O3S/c1-4-17(2,3)21-15(23)13(9-7-5-6-8-10(9)20)25-16(24)12-11(18)14(19)26-22-12/h5-8,13H,4H2,1-3H3,(H,21,23). The second kappa shape index (κ2) is 8.33. The Kier molecular flexibility index (Phi) is 6.60. The van der Waals surface area contributed by atoms with Crippen molar-refractivity contribution in [3.8, 4) is 0 Å². The zero-order chi connectivity index (χ0) is 19.5. The Hall–Kier alpha value is -1.70. The number of nitrogens with one attached hydrogen (secondary N) is 1. The molecule has 2 rings (SSSR count). The summed E-state index contributed by atoms with van der Waals surface area (Å²) in [5.74, 6) is -2.28. The molecule has 0 radical (unpaired) electrons. The highest BCUT2D eigenvalue weighted by Crippen LogP contribution is 2.31. The van der Waals surface area contributed by atoms with Gasteiger partial charge in [0, 0.05) is 11.1 Å². The Morgan fingerprint density at radius 2 is 2.00 bits per heavy atom. The molecule has 0 aliphatic carbocycles. The van der Waals surface area contributed by atoms with Crippen LogP contribution in [0.1, 0.15) is 49.3 Å². The molecule has 0 fully saturated rings. The number of carbonyl (C=O) groups is 2. The average molecular weight is 419 g/mol. The molecule has 26 heavy (non-hydrogen) atoms. The SMILES string of the molecule is CCC(C)(C)NC(=O)C(OC(=O)c1nsc(Cl)c1Cl)c1ccccc1F. The number of ether oxygens (including phenoxy) is 1. The molecule has 1 unspecified atom stereocenters. The average Bonchev–Trinajstić information content (AvgIpc) is 2.92. The lowest BCUT2D eigenvalue weighted by atomic mass is 10.0. The molecular formula is C17H17Cl2FN2O3S. The van der Waals surface area contributed by atoms with Crippen molar-refractivity contribution in [2.75, 3.05) is 0 Å². The Labute approximate surface area is 164 Å². The van der Waals surface area contributed by atoms with Crippen LogP contribution in [0.15, 0.2) is 24.3 Å². The largest absolute Gasteiger partial charge is 0.442 e. The zero-order valence-electron chi connectivity index (χ0n) is 14.3. The third kappa shape index (κ3) is 4.72. The first kappa shape index (κ1) is 20.6. The normalized spacial score (nSPS) is 12.5. The van der Waals surface area contributed by atoms with Gasteiger partial charge in [-0.25, -0.2) is 9.18 Å². The smallest absolute Gasteiger partial charge is 0.360 e. The van der Waals surface area contributed by atoms with E-state index in [-0.39, 0.29) is 20.6 Å². The summed E-state index contributed by atoms with van der Waals surface area (Å²) in [6, 6.07) is 5.58. The molecule has 0 bridgehead atoms. The Morgan fingerprint density at radius 3 is 2.54 bits per heavy atom. The molecule has 1 heterocycles. The highest BCUT2D eigenvalue weighted by molar-refractivity contribution is 7.11. The number of esters is 1. The quantitative estimate of drug-likeness (QED) is 0.684. The maximum absolute atomic E-state index is 14.2. The van der Waals surface area contributed by atoms with Gasteiger partial charge in [-0.2, -0.15) is 4.37 Å². The van der Waals surface area contributed by atoms with E-state index in [4.69, 9.17) is 27.9 Å². The molecule has 140 valence electrons. The first-order chi connectivity index (χ1) is 12.2. The molecule has 1 amide bonds. The second-order valence-electron chi connectivity index (χ2n) is 6.15. The lowest BCUT2D eigenvalue weighted by molar-refractivity contribution is -0.132. The number of aromatic nitrogens is 1. The number of nitrogens with zero attached hydrogens (tertiary/aromatic N) is 1. The lowest BCUT2D eigenvalue weighted by Gasteiger charge is -2.27. The van der Waals surface area contributed by atoms with Crippen molar-refractivity contribution < 1.29 is 18.7 Å². The van der Waals surface area contributed by atoms with Crippen LogP contribution in [0.3, 0.4) is 0 Å². The second-order valence-corrected chi connectivity index (χ2v) is 7.91. The first-order valence-corrected chi connectivity index (χ1v) is 9.27. The zero-order valence-corrected chi connectivity index (χ0v) is 16.6. The fourth-order valence-corrected chi connectivity index (χ4v) is 2.96. The monoisotopic (exact) mass is 418 g/mol. The van der Waals surface area contributed by atoms with Gasteiger partial charge in [0.25, 0.3) is 5.91 Å². The summed E-state index contributed by atoms with van der Waals surface area (Å²) in [5.41, 5.74) is -0.845. The van der Waals surface area contributed by atoms with Crippen molar-refractivity contribution in [3.05, 3.63) is 50.7 Å². The van der Waals surface area contributed by atoms with Crippen molar-refractivity contribution in [3.63, 3.8) is 0 Å². The minimum atomic E-state index is -1.49. The number of halogens is 3. The number of hydrogen-bond donors (Lipinski definition) is 1. The van der Waals surface area contributed by atoms with Gasteiger partial charge in [0.2, 0.25) is 6.10 Å². The predicted octanol–water partition coefficient (Wildman–Crippen LogP) is 4.79. The Morgan fingerprint density at radius 1 is 1.35 bits per heavy atom. The maximum atomic E-state index is 14.2. The molecule has 0 saturated heterocycles. The van der Waals surface area contributed by atoms with Crippen LogP contribution in [0, 0.1) is 5.82 Å². The molecule has 0 saturated carbocycles. The molecule has 5 nitrogen and oxygen atoms in total. The lowest BCUT2D eigenvalue weighted by Crippen LogP contribution is -2.46. The van der Waals surface area contributed by atoms with Crippen molar-refractivity contribution in [2.45, 2.75) is 38.8 Å². The molecule has 2 aromatic rings. The molecule has 0 aliphatic heterocycles. The van der Waals surface area contributed by atoms with E-state index >= 15 is 0 Å². The molecule has 1 aromatic heterocycles. The topological polar surface area (TPSA) is 68.3 Å². The summed E-state index contributed by atoms with van der Waals surface area (Å²) >= 11 is 12.5. The van der Waals surface area contributed by atoms with E-state index in [2.05, 4.69) is 9.69 Å². The summed E-state index contributed by atoms with van der Waals surface area (Å²) in [7, 11) is 0. The van der Waals surface area contributed by atoms with E-state index in [0.717, 1.165) is 11.5 Å². The van der Waals surface area contributed by atoms with Gasteiger partial charge in [-0.1, -0.05) is 48.3 Å². The van der Waals surface area contributed by atoms with Gasteiger partial charge in [0.05, 0.1) is 0 Å². The molecule has 0 spiro atoms. The summed E-state index contributed by atoms with van der Waals surface area (Å²) in [5, 5.41) is 2.68. The van der Waals surface area contributed by atoms with E-state index in [1.54, 1.807) is 6.07 Å². The van der Waals surface area contributed by atoms with Gasteiger partial charge < -0.3 is 10.1 Å². The number of benzene rings is 1. The van der Waals surface area contributed by atoms with Crippen molar-refractivity contribution >= 4 is 46.6 Å². The van der Waals surface area contributed by atoms with Gasteiger partial charge in [0.1, 0.15) is 15.2 Å². The van der Waals surface area contributed by atoms with Crippen LogP contribution in [0.25, 0.3) is 0 Å². The molecule has 1 atom stereocenters. The summed E-state index contributed by atoms with van der Waals surface area (Å²) in [6.45, 7) is 5.51. The van der Waals surface area contributed by atoms with Crippen LogP contribution in [-0.2, 0) is 9.53 Å². The molecular weight excluding hydrogens is 402 g/mol. The van der Waals surface area contributed by atoms with Gasteiger partial charge in [-0.05, 0) is 37.9 Å². The third-order valence-electron chi connectivity index (χ3n) is 3.79. The highest BCUT2D eigenvalue weighted by Gasteiger charge is 2.32. The van der Waals surface area contributed by atoms with E-state index in [1.807, 2.05) is 20.8 Å². The minimum absolute atomic E-state index is 0.0664. The van der Waals surface area contributed by atoms with Crippen LogP contribution in [0.5, 0.6) is 0 Å². The Balaban J connectivity index is 2.35. The fourth-order valence-electron chi connectivity index (χ4n) is 1.98. The number of hydrogen-bond acceptors (Lipinski definition) is 5. The van der Waals surface area contributed by atoms with Crippen LogP contribution in [-0.4, -0.2) is 21.8 Å². The molecule has 0 aliphatic rings. The molecule has 9 heteroatoms. The van der Waals surface area contributed by atoms with Crippen LogP contribution < -0.4 is 5.32 Å². The maximum Gasteiger partial charge on any atom is 0.360 e. The van der Waals surface area contributed by atoms with E-state index in [9.17, 15) is 14.0 Å². The molecule has 1 N–H and O–H groups in total. The van der Waals surface area contributed by atoms with Gasteiger partial charge in [-0.3, -0.25) is 4.79 Å². The van der Waals surface area contributed by atoms with Crippen molar-refractivity contribution in [2.24, 2.45) is 0 Å². The number of carbonyl (C=O) groups excluding carboxylic acids is 2. The summed E-state index contributed by atoms with van der Waals surface area (Å²) in [6.07, 6.45) is -0.865. The summed E-state index contributed by atoms with van der Waals surface area (Å²) in [4.78, 5) is 25.1. The fraction of sp³-hybridized carbons (Fsp3) is 0.353. The number of amides is 1. The molecule has 1 aromatic carbocycles. The van der Waals surface area contributed by atoms with E-state index in [1.165, 1.54) is 18.2 Å². The minimum Gasteiger partial charge on any atom is -0.442 e. The highest BCUT2D eigenvalue weighted by atomic mass is 35.5. The van der Waals surface area contributed by atoms with Crippen LogP contribution >= 0.6 is 34.7 Å². The Bertz CT molecular complexity index is 826. The van der Waals surface area contributed by atoms with Crippen molar-refractivity contribution in [1.82, 2.24) is 9.69 Å². The van der Waals surface area contributed by atoms with E-state index < -0.39 is 29.3 Å². The predicted molar refractivity (Wildman–Crippen MR) is 99.2 cm³/mol. The summed E-state index contributed by atoms with van der Waals surface area (Å²) < 4.78 is 23.4. The van der Waals surface area contributed by atoms with Gasteiger partial charge in [0.15, 0.2) is 5.69 Å². The van der Waals surface area contributed by atoms with Gasteiger partial charge >= 0.3 is 5.97 Å². The van der Waals surface area contributed by atoms with Gasteiger partial charge in [-0.15, -0.1) is 0 Å².